The summed E-state index contributed by atoms with van der Waals surface area (Å²) in [5.41, 5.74) is 3.27. The summed E-state index contributed by atoms with van der Waals surface area (Å²) in [6.07, 6.45) is 3.51. The zero-order chi connectivity index (χ0) is 17.2. The lowest BCUT2D eigenvalue weighted by Crippen LogP contribution is -2.37. The zero-order valence-corrected chi connectivity index (χ0v) is 14.8. The van der Waals surface area contributed by atoms with Crippen molar-refractivity contribution in [2.24, 2.45) is 0 Å². The van der Waals surface area contributed by atoms with Gasteiger partial charge in [0.25, 0.3) is 0 Å². The third-order valence-electron chi connectivity index (χ3n) is 4.18. The van der Waals surface area contributed by atoms with Crippen molar-refractivity contribution in [2.45, 2.75) is 33.4 Å². The predicted octanol–water partition coefficient (Wildman–Crippen LogP) is 1.28. The van der Waals surface area contributed by atoms with Gasteiger partial charge < -0.3 is 9.15 Å². The van der Waals surface area contributed by atoms with Gasteiger partial charge in [-0.3, -0.25) is 4.68 Å². The van der Waals surface area contributed by atoms with Crippen LogP contribution in [0.15, 0.2) is 17.1 Å². The Kier molecular flexibility index (Phi) is 5.02. The van der Waals surface area contributed by atoms with Crippen LogP contribution in [0.25, 0.3) is 11.4 Å². The summed E-state index contributed by atoms with van der Waals surface area (Å²) in [5, 5.41) is 4.64. The van der Waals surface area contributed by atoms with Crippen molar-refractivity contribution in [3.63, 3.8) is 0 Å². The summed E-state index contributed by atoms with van der Waals surface area (Å²) in [7, 11) is -3.23. The van der Waals surface area contributed by atoms with E-state index in [4.69, 9.17) is 9.15 Å². The lowest BCUT2D eigenvalue weighted by molar-refractivity contribution is 0.135. The fourth-order valence-electron chi connectivity index (χ4n) is 2.90. The average Bonchev–Trinajstić information content (AvgIpc) is 3.22. The molecular formula is C15H22N4O4S. The highest BCUT2D eigenvalue weighted by Gasteiger charge is 2.31. The Balaban J connectivity index is 1.96. The molecule has 0 aromatic carbocycles. The van der Waals surface area contributed by atoms with Crippen LogP contribution in [-0.4, -0.2) is 53.0 Å². The molecule has 24 heavy (non-hydrogen) atoms. The molecule has 9 heteroatoms. The molecule has 8 nitrogen and oxygen atoms in total. The Morgan fingerprint density at radius 1 is 1.38 bits per heavy atom. The second-order valence-corrected chi connectivity index (χ2v) is 7.81. The first-order valence-corrected chi connectivity index (χ1v) is 9.70. The van der Waals surface area contributed by atoms with Gasteiger partial charge in [-0.2, -0.15) is 9.40 Å². The summed E-state index contributed by atoms with van der Waals surface area (Å²) in [5.74, 6) is 0.0973. The summed E-state index contributed by atoms with van der Waals surface area (Å²) in [4.78, 5) is 4.17. The molecule has 0 saturated carbocycles. The van der Waals surface area contributed by atoms with Gasteiger partial charge in [-0.05, 0) is 13.8 Å². The smallest absolute Gasteiger partial charge is 0.214 e. The van der Waals surface area contributed by atoms with Crippen LogP contribution in [-0.2, 0) is 34.3 Å². The molecule has 0 aliphatic carbocycles. The summed E-state index contributed by atoms with van der Waals surface area (Å²) in [6, 6.07) is 0. The Hall–Kier alpha value is -1.71. The molecule has 1 aliphatic heterocycles. The van der Waals surface area contributed by atoms with Crippen molar-refractivity contribution in [3.8, 4) is 11.4 Å². The normalized spacial score (nSPS) is 15.6. The first kappa shape index (κ1) is 17.1. The van der Waals surface area contributed by atoms with Gasteiger partial charge in [0.15, 0.2) is 6.39 Å². The SMILES string of the molecule is CCOCCn1nc(-c2cocn2)c2c1CCN(S(=O)(=O)CC)C2. The van der Waals surface area contributed by atoms with Gasteiger partial charge in [0.1, 0.15) is 17.7 Å². The molecule has 0 amide bonds. The lowest BCUT2D eigenvalue weighted by atomic mass is 10.1. The minimum absolute atomic E-state index is 0.0973. The zero-order valence-electron chi connectivity index (χ0n) is 13.9. The largest absolute Gasteiger partial charge is 0.451 e. The van der Waals surface area contributed by atoms with Crippen LogP contribution < -0.4 is 0 Å². The fourth-order valence-corrected chi connectivity index (χ4v) is 3.96. The van der Waals surface area contributed by atoms with Gasteiger partial charge in [0.2, 0.25) is 10.0 Å². The van der Waals surface area contributed by atoms with Crippen LogP contribution in [0.1, 0.15) is 25.1 Å². The van der Waals surface area contributed by atoms with Crippen LogP contribution in [0, 0.1) is 0 Å². The molecule has 0 spiro atoms. The van der Waals surface area contributed by atoms with E-state index in [-0.39, 0.29) is 5.75 Å². The van der Waals surface area contributed by atoms with E-state index in [1.165, 1.54) is 17.0 Å². The number of aromatic nitrogens is 3. The van der Waals surface area contributed by atoms with Crippen LogP contribution in [0.5, 0.6) is 0 Å². The highest BCUT2D eigenvalue weighted by atomic mass is 32.2. The molecule has 0 atom stereocenters. The summed E-state index contributed by atoms with van der Waals surface area (Å²) < 4.78 is 38.4. The molecule has 0 radical (unpaired) electrons. The van der Waals surface area contributed by atoms with E-state index < -0.39 is 10.0 Å². The number of rotatable bonds is 7. The van der Waals surface area contributed by atoms with Crippen molar-refractivity contribution in [2.75, 3.05) is 25.5 Å². The summed E-state index contributed by atoms with van der Waals surface area (Å²) >= 11 is 0. The maximum absolute atomic E-state index is 12.2. The molecule has 0 N–H and O–H groups in total. The van der Waals surface area contributed by atoms with Crippen molar-refractivity contribution < 1.29 is 17.6 Å². The lowest BCUT2D eigenvalue weighted by Gasteiger charge is -2.26. The first-order valence-electron chi connectivity index (χ1n) is 8.09. The Morgan fingerprint density at radius 2 is 2.21 bits per heavy atom. The molecule has 2 aromatic rings. The minimum atomic E-state index is -3.23. The van der Waals surface area contributed by atoms with E-state index >= 15 is 0 Å². The van der Waals surface area contributed by atoms with Gasteiger partial charge in [0, 0.05) is 37.4 Å². The van der Waals surface area contributed by atoms with E-state index in [2.05, 4.69) is 10.1 Å². The Bertz CT molecular complexity index is 783. The van der Waals surface area contributed by atoms with E-state index in [0.29, 0.717) is 50.7 Å². The van der Waals surface area contributed by atoms with E-state index in [9.17, 15) is 8.42 Å². The second kappa shape index (κ2) is 7.04. The van der Waals surface area contributed by atoms with E-state index in [1.807, 2.05) is 11.6 Å². The highest BCUT2D eigenvalue weighted by molar-refractivity contribution is 7.89. The van der Waals surface area contributed by atoms with Crippen LogP contribution in [0.2, 0.25) is 0 Å². The summed E-state index contributed by atoms with van der Waals surface area (Å²) in [6.45, 7) is 6.27. The van der Waals surface area contributed by atoms with Crippen molar-refractivity contribution in [1.82, 2.24) is 19.1 Å². The maximum Gasteiger partial charge on any atom is 0.214 e. The number of oxazole rings is 1. The van der Waals surface area contributed by atoms with Gasteiger partial charge in [-0.1, -0.05) is 0 Å². The monoisotopic (exact) mass is 354 g/mol. The number of hydrogen-bond donors (Lipinski definition) is 0. The van der Waals surface area contributed by atoms with Gasteiger partial charge >= 0.3 is 0 Å². The number of ether oxygens (including phenoxy) is 1. The van der Waals surface area contributed by atoms with Crippen molar-refractivity contribution in [1.29, 1.82) is 0 Å². The molecule has 0 saturated heterocycles. The second-order valence-electron chi connectivity index (χ2n) is 5.55. The molecule has 0 fully saturated rings. The standard InChI is InChI=1S/C15H22N4O4S/c1-3-22-8-7-19-14-5-6-18(24(20,21)4-2)9-12(14)15(17-19)13-10-23-11-16-13/h10-11H,3-9H2,1-2H3. The molecule has 3 heterocycles. The molecule has 2 aromatic heterocycles. The maximum atomic E-state index is 12.2. The van der Waals surface area contributed by atoms with Gasteiger partial charge in [-0.15, -0.1) is 0 Å². The van der Waals surface area contributed by atoms with Crippen molar-refractivity contribution in [3.05, 3.63) is 23.9 Å². The minimum Gasteiger partial charge on any atom is -0.451 e. The van der Waals surface area contributed by atoms with Crippen LogP contribution in [0.3, 0.4) is 0 Å². The average molecular weight is 354 g/mol. The number of hydrogen-bond acceptors (Lipinski definition) is 6. The van der Waals surface area contributed by atoms with Gasteiger partial charge in [-0.25, -0.2) is 13.4 Å². The predicted molar refractivity (Wildman–Crippen MR) is 87.8 cm³/mol. The molecular weight excluding hydrogens is 332 g/mol. The molecule has 3 rings (SSSR count). The third-order valence-corrected chi connectivity index (χ3v) is 6.01. The van der Waals surface area contributed by atoms with E-state index in [1.54, 1.807) is 6.92 Å². The van der Waals surface area contributed by atoms with Gasteiger partial charge in [0.05, 0.1) is 18.9 Å². The molecule has 132 valence electrons. The van der Waals surface area contributed by atoms with E-state index in [0.717, 1.165) is 11.3 Å². The first-order chi connectivity index (χ1) is 11.6. The fraction of sp³-hybridized carbons (Fsp3) is 0.600. The highest BCUT2D eigenvalue weighted by Crippen LogP contribution is 2.30. The number of fused-ring (bicyclic) bond motifs is 1. The molecule has 0 unspecified atom stereocenters. The Morgan fingerprint density at radius 3 is 2.88 bits per heavy atom. The molecule has 1 aliphatic rings. The number of sulfonamides is 1. The quantitative estimate of drug-likeness (QED) is 0.696. The topological polar surface area (TPSA) is 90.5 Å². The van der Waals surface area contributed by atoms with Crippen LogP contribution >= 0.6 is 0 Å². The molecule has 0 bridgehead atoms. The Labute approximate surface area is 141 Å². The van der Waals surface area contributed by atoms with Crippen molar-refractivity contribution >= 4 is 10.0 Å². The van der Waals surface area contributed by atoms with Crippen LogP contribution in [0.4, 0.5) is 0 Å². The number of nitrogens with zero attached hydrogens (tertiary/aromatic N) is 4. The third kappa shape index (κ3) is 3.24.